The number of nitrogens with zero attached hydrogens (tertiary/aromatic N) is 2. The van der Waals surface area contributed by atoms with E-state index >= 15 is 0 Å². The molecule has 0 aliphatic carbocycles. The Labute approximate surface area is 202 Å². The lowest BCUT2D eigenvalue weighted by atomic mass is 9.98. The second-order valence-corrected chi connectivity index (χ2v) is 8.58. The van der Waals surface area contributed by atoms with E-state index < -0.39 is 5.92 Å². The standard InChI is InChI=1S/C29H25F3N2O/c1-3-29(31,32)23-11-7-21(8-12-23)18-24(35)17-20-5-9-22(10-6-20)27-28(34-15-14-33-27)25-13-4-19(2)16-26(25)30/h4-16H,3,17-18H2,1-2H3. The average Bonchev–Trinajstić information content (AvgIpc) is 2.85. The molecular formula is C29H25F3N2O. The number of carbonyl (C=O) groups excluding carboxylic acids is 1. The third-order valence-corrected chi connectivity index (χ3v) is 5.93. The fourth-order valence-corrected chi connectivity index (χ4v) is 3.93. The Morgan fingerprint density at radius 2 is 1.40 bits per heavy atom. The predicted octanol–water partition coefficient (Wildman–Crippen LogP) is 7.11. The van der Waals surface area contributed by atoms with Crippen LogP contribution in [0.3, 0.4) is 0 Å². The summed E-state index contributed by atoms with van der Waals surface area (Å²) in [4.78, 5) is 21.3. The highest BCUT2D eigenvalue weighted by Gasteiger charge is 2.28. The molecule has 0 spiro atoms. The van der Waals surface area contributed by atoms with Crippen molar-refractivity contribution in [2.75, 3.05) is 0 Å². The number of Topliss-reactive ketones (excluding diaryl/α,β-unsaturated/α-hetero) is 1. The number of alkyl halides is 2. The molecule has 0 saturated heterocycles. The summed E-state index contributed by atoms with van der Waals surface area (Å²) in [5, 5.41) is 0. The molecule has 0 aliphatic rings. The van der Waals surface area contributed by atoms with E-state index in [9.17, 15) is 18.0 Å². The summed E-state index contributed by atoms with van der Waals surface area (Å²) in [6, 6.07) is 18.3. The summed E-state index contributed by atoms with van der Waals surface area (Å²) in [5.74, 6) is -3.24. The fraction of sp³-hybridized carbons (Fsp3) is 0.207. The maximum Gasteiger partial charge on any atom is 0.273 e. The molecule has 0 bridgehead atoms. The zero-order valence-electron chi connectivity index (χ0n) is 19.6. The van der Waals surface area contributed by atoms with E-state index in [1.165, 1.54) is 31.3 Å². The zero-order valence-corrected chi connectivity index (χ0v) is 19.6. The van der Waals surface area contributed by atoms with Crippen molar-refractivity contribution in [1.29, 1.82) is 0 Å². The number of aryl methyl sites for hydroxylation is 1. The van der Waals surface area contributed by atoms with Crippen molar-refractivity contribution >= 4 is 5.78 Å². The summed E-state index contributed by atoms with van der Waals surface area (Å²) < 4.78 is 42.1. The SMILES string of the molecule is CCC(F)(F)c1ccc(CC(=O)Cc2ccc(-c3nccnc3-c3ccc(C)cc3F)cc2)cc1. The van der Waals surface area contributed by atoms with E-state index in [2.05, 4.69) is 9.97 Å². The van der Waals surface area contributed by atoms with Crippen molar-refractivity contribution in [3.8, 4) is 22.5 Å². The van der Waals surface area contributed by atoms with Crippen LogP contribution in [-0.4, -0.2) is 15.8 Å². The summed E-state index contributed by atoms with van der Waals surface area (Å²) in [6.45, 7) is 3.26. The number of aromatic nitrogens is 2. The predicted molar refractivity (Wildman–Crippen MR) is 131 cm³/mol. The van der Waals surface area contributed by atoms with Crippen LogP contribution in [0.1, 0.15) is 35.6 Å². The highest BCUT2D eigenvalue weighted by molar-refractivity contribution is 5.83. The summed E-state index contributed by atoms with van der Waals surface area (Å²) in [5.41, 5.74) is 4.44. The van der Waals surface area contributed by atoms with Gasteiger partial charge in [-0.2, -0.15) is 0 Å². The minimum Gasteiger partial charge on any atom is -0.299 e. The normalized spacial score (nSPS) is 11.5. The van der Waals surface area contributed by atoms with Crippen molar-refractivity contribution in [2.45, 2.75) is 39.0 Å². The number of ketones is 1. The highest BCUT2D eigenvalue weighted by Crippen LogP contribution is 2.32. The van der Waals surface area contributed by atoms with Gasteiger partial charge in [-0.25, -0.2) is 13.2 Å². The molecular weight excluding hydrogens is 449 g/mol. The summed E-state index contributed by atoms with van der Waals surface area (Å²) in [7, 11) is 0. The molecule has 1 heterocycles. The molecule has 6 heteroatoms. The molecule has 1 aromatic heterocycles. The van der Waals surface area contributed by atoms with Crippen molar-refractivity contribution in [3.63, 3.8) is 0 Å². The van der Waals surface area contributed by atoms with Crippen LogP contribution in [-0.2, 0) is 23.6 Å². The molecule has 0 N–H and O–H groups in total. The van der Waals surface area contributed by atoms with Crippen LogP contribution in [0, 0.1) is 12.7 Å². The van der Waals surface area contributed by atoms with E-state index in [-0.39, 0.29) is 36.4 Å². The number of halogens is 3. The molecule has 0 radical (unpaired) electrons. The first-order valence-electron chi connectivity index (χ1n) is 11.4. The van der Waals surface area contributed by atoms with E-state index in [1.54, 1.807) is 24.4 Å². The molecule has 4 rings (SSSR count). The van der Waals surface area contributed by atoms with Crippen molar-refractivity contribution < 1.29 is 18.0 Å². The highest BCUT2D eigenvalue weighted by atomic mass is 19.3. The van der Waals surface area contributed by atoms with Gasteiger partial charge in [-0.3, -0.25) is 14.8 Å². The Morgan fingerprint density at radius 3 is 1.97 bits per heavy atom. The van der Waals surface area contributed by atoms with Gasteiger partial charge >= 0.3 is 0 Å². The second kappa shape index (κ2) is 10.2. The largest absolute Gasteiger partial charge is 0.299 e. The molecule has 0 saturated carbocycles. The molecule has 3 nitrogen and oxygen atoms in total. The lowest BCUT2D eigenvalue weighted by Gasteiger charge is -2.14. The second-order valence-electron chi connectivity index (χ2n) is 8.58. The molecule has 0 amide bonds. The van der Waals surface area contributed by atoms with Gasteiger partial charge in [-0.15, -0.1) is 0 Å². The lowest BCUT2D eigenvalue weighted by Crippen LogP contribution is -2.12. The van der Waals surface area contributed by atoms with E-state index in [1.807, 2.05) is 37.3 Å². The van der Waals surface area contributed by atoms with Gasteiger partial charge in [0.15, 0.2) is 0 Å². The van der Waals surface area contributed by atoms with E-state index in [0.29, 0.717) is 22.5 Å². The molecule has 0 atom stereocenters. The molecule has 178 valence electrons. The monoisotopic (exact) mass is 474 g/mol. The van der Waals surface area contributed by atoms with Crippen LogP contribution < -0.4 is 0 Å². The van der Waals surface area contributed by atoms with Gasteiger partial charge < -0.3 is 0 Å². The Morgan fingerprint density at radius 1 is 0.829 bits per heavy atom. The Kier molecular flexibility index (Phi) is 7.10. The third kappa shape index (κ3) is 5.65. The van der Waals surface area contributed by atoms with Crippen molar-refractivity contribution in [3.05, 3.63) is 107 Å². The van der Waals surface area contributed by atoms with Crippen LogP contribution >= 0.6 is 0 Å². The topological polar surface area (TPSA) is 42.9 Å². The quantitative estimate of drug-likeness (QED) is 0.273. The van der Waals surface area contributed by atoms with Crippen LogP contribution in [0.15, 0.2) is 79.1 Å². The first-order chi connectivity index (χ1) is 16.8. The maximum absolute atomic E-state index is 14.6. The molecule has 35 heavy (non-hydrogen) atoms. The smallest absolute Gasteiger partial charge is 0.273 e. The Bertz CT molecular complexity index is 1330. The maximum atomic E-state index is 14.6. The Hall–Kier alpha value is -3.80. The molecule has 3 aromatic carbocycles. The zero-order chi connectivity index (χ0) is 25.0. The van der Waals surface area contributed by atoms with Crippen molar-refractivity contribution in [1.82, 2.24) is 9.97 Å². The van der Waals surface area contributed by atoms with Gasteiger partial charge in [0.1, 0.15) is 11.6 Å². The summed E-state index contributed by atoms with van der Waals surface area (Å²) in [6.07, 6.45) is 3.20. The van der Waals surface area contributed by atoms with Crippen LogP contribution in [0.2, 0.25) is 0 Å². The van der Waals surface area contributed by atoms with Gasteiger partial charge in [0.05, 0.1) is 11.4 Å². The minimum absolute atomic E-state index is 0.0188. The van der Waals surface area contributed by atoms with Gasteiger partial charge in [0.25, 0.3) is 5.92 Å². The van der Waals surface area contributed by atoms with Crippen LogP contribution in [0.4, 0.5) is 13.2 Å². The van der Waals surface area contributed by atoms with Gasteiger partial charge in [-0.1, -0.05) is 61.5 Å². The molecule has 0 aliphatic heterocycles. The van der Waals surface area contributed by atoms with Gasteiger partial charge in [0.2, 0.25) is 0 Å². The molecule has 4 aromatic rings. The Balaban J connectivity index is 1.47. The fourth-order valence-electron chi connectivity index (χ4n) is 3.93. The van der Waals surface area contributed by atoms with Gasteiger partial charge in [0, 0.05) is 48.3 Å². The number of carbonyl (C=O) groups is 1. The van der Waals surface area contributed by atoms with Gasteiger partial charge in [-0.05, 0) is 35.7 Å². The average molecular weight is 475 g/mol. The van der Waals surface area contributed by atoms with Crippen LogP contribution in [0.5, 0.6) is 0 Å². The number of hydrogen-bond donors (Lipinski definition) is 0. The molecule has 0 fully saturated rings. The first kappa shape index (κ1) is 24.3. The van der Waals surface area contributed by atoms with Crippen LogP contribution in [0.25, 0.3) is 22.5 Å². The first-order valence-corrected chi connectivity index (χ1v) is 11.4. The third-order valence-electron chi connectivity index (χ3n) is 5.93. The lowest BCUT2D eigenvalue weighted by molar-refractivity contribution is -0.117. The van der Waals surface area contributed by atoms with E-state index in [4.69, 9.17) is 0 Å². The minimum atomic E-state index is -2.86. The molecule has 0 unspecified atom stereocenters. The summed E-state index contributed by atoms with van der Waals surface area (Å²) >= 11 is 0. The van der Waals surface area contributed by atoms with Crippen molar-refractivity contribution in [2.24, 2.45) is 0 Å². The number of rotatable bonds is 8. The van der Waals surface area contributed by atoms with E-state index in [0.717, 1.165) is 16.7 Å². The number of benzene rings is 3. The number of hydrogen-bond acceptors (Lipinski definition) is 3.